The number of hydrogen-bond donors (Lipinski definition) is 1. The molecule has 0 spiro atoms. The minimum absolute atomic E-state index is 0.442. The first-order chi connectivity index (χ1) is 8.29. The lowest BCUT2D eigenvalue weighted by Gasteiger charge is -2.26. The van der Waals surface area contributed by atoms with Crippen molar-refractivity contribution in [2.24, 2.45) is 17.6 Å². The Morgan fingerprint density at radius 2 is 2.35 bits per heavy atom. The van der Waals surface area contributed by atoms with E-state index in [1.54, 1.807) is 6.20 Å². The highest BCUT2D eigenvalue weighted by molar-refractivity contribution is 5.26. The smallest absolute Gasteiger partial charge is 0.142 e. The van der Waals surface area contributed by atoms with E-state index in [-0.39, 0.29) is 0 Å². The second-order valence-electron chi connectivity index (χ2n) is 5.10. The second-order valence-corrected chi connectivity index (χ2v) is 5.10. The van der Waals surface area contributed by atoms with Crippen LogP contribution in [-0.2, 0) is 6.54 Å². The predicted octanol–water partition coefficient (Wildman–Crippen LogP) is 2.75. The van der Waals surface area contributed by atoms with Crippen LogP contribution < -0.4 is 10.5 Å². The fraction of sp³-hybridized carbons (Fsp3) is 0.643. The molecule has 17 heavy (non-hydrogen) atoms. The van der Waals surface area contributed by atoms with E-state index in [0.717, 1.165) is 24.0 Å². The van der Waals surface area contributed by atoms with Crippen LogP contribution in [0.15, 0.2) is 18.3 Å². The van der Waals surface area contributed by atoms with E-state index in [2.05, 4.69) is 11.9 Å². The normalized spacial score (nSPS) is 24.6. The molecule has 1 heterocycles. The molecule has 1 fully saturated rings. The molecule has 1 saturated carbocycles. The van der Waals surface area contributed by atoms with Gasteiger partial charge >= 0.3 is 0 Å². The summed E-state index contributed by atoms with van der Waals surface area (Å²) in [6, 6.07) is 3.86. The molecule has 2 unspecified atom stereocenters. The van der Waals surface area contributed by atoms with Crippen molar-refractivity contribution in [2.75, 3.05) is 6.61 Å². The summed E-state index contributed by atoms with van der Waals surface area (Å²) >= 11 is 0. The molecule has 0 aromatic carbocycles. The average molecular weight is 234 g/mol. The summed E-state index contributed by atoms with van der Waals surface area (Å²) in [4.78, 5) is 4.23. The van der Waals surface area contributed by atoms with E-state index in [9.17, 15) is 0 Å². The second kappa shape index (κ2) is 6.01. The number of pyridine rings is 1. The molecule has 2 rings (SSSR count). The standard InChI is InChI=1S/C14H22N2O/c1-11-4-2-5-12(8-11)10-17-14-6-3-7-16-13(14)9-15/h3,6-7,11-12H,2,4-5,8-10,15H2,1H3. The molecule has 1 aliphatic carbocycles. The van der Waals surface area contributed by atoms with Crippen LogP contribution in [0.3, 0.4) is 0 Å². The third kappa shape index (κ3) is 3.43. The summed E-state index contributed by atoms with van der Waals surface area (Å²) in [6.45, 7) is 3.59. The first kappa shape index (κ1) is 12.4. The predicted molar refractivity (Wildman–Crippen MR) is 68.7 cm³/mol. The lowest BCUT2D eigenvalue weighted by Crippen LogP contribution is -2.20. The maximum absolute atomic E-state index is 5.87. The van der Waals surface area contributed by atoms with Crippen molar-refractivity contribution >= 4 is 0 Å². The van der Waals surface area contributed by atoms with Gasteiger partial charge in [0.15, 0.2) is 0 Å². The van der Waals surface area contributed by atoms with Crippen LogP contribution in [0.25, 0.3) is 0 Å². The largest absolute Gasteiger partial charge is 0.491 e. The zero-order valence-corrected chi connectivity index (χ0v) is 10.6. The van der Waals surface area contributed by atoms with Crippen molar-refractivity contribution in [1.29, 1.82) is 0 Å². The number of ether oxygens (including phenoxy) is 1. The summed E-state index contributed by atoms with van der Waals surface area (Å²) in [5, 5.41) is 0. The Balaban J connectivity index is 1.88. The Bertz CT molecular complexity index is 354. The Labute approximate surface area is 103 Å². The summed E-state index contributed by atoms with van der Waals surface area (Å²) in [5.74, 6) is 2.40. The van der Waals surface area contributed by atoms with Crippen molar-refractivity contribution in [1.82, 2.24) is 4.98 Å². The van der Waals surface area contributed by atoms with Gasteiger partial charge in [-0.3, -0.25) is 4.98 Å². The third-order valence-electron chi connectivity index (χ3n) is 3.56. The van der Waals surface area contributed by atoms with Crippen LogP contribution in [0.4, 0.5) is 0 Å². The molecule has 0 amide bonds. The maximum atomic E-state index is 5.87. The van der Waals surface area contributed by atoms with Crippen LogP contribution in [0.5, 0.6) is 5.75 Å². The Kier molecular flexibility index (Phi) is 4.37. The number of aromatic nitrogens is 1. The minimum atomic E-state index is 0.442. The maximum Gasteiger partial charge on any atom is 0.142 e. The van der Waals surface area contributed by atoms with E-state index in [1.807, 2.05) is 12.1 Å². The van der Waals surface area contributed by atoms with E-state index in [0.29, 0.717) is 12.5 Å². The first-order valence-electron chi connectivity index (χ1n) is 6.56. The molecular weight excluding hydrogens is 212 g/mol. The molecule has 2 atom stereocenters. The molecule has 0 aliphatic heterocycles. The van der Waals surface area contributed by atoms with Crippen LogP contribution in [0.2, 0.25) is 0 Å². The molecule has 1 aromatic rings. The molecule has 0 radical (unpaired) electrons. The van der Waals surface area contributed by atoms with Crippen molar-refractivity contribution in [3.8, 4) is 5.75 Å². The molecule has 0 bridgehead atoms. The molecule has 0 saturated heterocycles. The summed E-state index contributed by atoms with van der Waals surface area (Å²) in [5.41, 5.74) is 6.50. The van der Waals surface area contributed by atoms with E-state index >= 15 is 0 Å². The van der Waals surface area contributed by atoms with Gasteiger partial charge in [-0.25, -0.2) is 0 Å². The molecule has 2 N–H and O–H groups in total. The van der Waals surface area contributed by atoms with Crippen LogP contribution in [0.1, 0.15) is 38.3 Å². The summed E-state index contributed by atoms with van der Waals surface area (Å²) < 4.78 is 5.87. The Morgan fingerprint density at radius 1 is 1.47 bits per heavy atom. The molecule has 3 heteroatoms. The van der Waals surface area contributed by atoms with Gasteiger partial charge < -0.3 is 10.5 Å². The van der Waals surface area contributed by atoms with Crippen molar-refractivity contribution < 1.29 is 4.74 Å². The third-order valence-corrected chi connectivity index (χ3v) is 3.56. The highest BCUT2D eigenvalue weighted by Gasteiger charge is 2.19. The highest BCUT2D eigenvalue weighted by atomic mass is 16.5. The molecule has 3 nitrogen and oxygen atoms in total. The van der Waals surface area contributed by atoms with E-state index < -0.39 is 0 Å². The number of nitrogens with zero attached hydrogens (tertiary/aromatic N) is 1. The van der Waals surface area contributed by atoms with Gasteiger partial charge in [0.2, 0.25) is 0 Å². The average Bonchev–Trinajstić information content (AvgIpc) is 2.37. The molecule has 1 aliphatic rings. The fourth-order valence-corrected chi connectivity index (χ4v) is 2.63. The van der Waals surface area contributed by atoms with Gasteiger partial charge in [-0.2, -0.15) is 0 Å². The Morgan fingerprint density at radius 3 is 3.12 bits per heavy atom. The van der Waals surface area contributed by atoms with Crippen LogP contribution in [-0.4, -0.2) is 11.6 Å². The Hall–Kier alpha value is -1.09. The fourth-order valence-electron chi connectivity index (χ4n) is 2.63. The highest BCUT2D eigenvalue weighted by Crippen LogP contribution is 2.29. The van der Waals surface area contributed by atoms with Gasteiger partial charge in [0.05, 0.1) is 12.3 Å². The number of hydrogen-bond acceptors (Lipinski definition) is 3. The van der Waals surface area contributed by atoms with Gasteiger partial charge in [0, 0.05) is 12.7 Å². The first-order valence-corrected chi connectivity index (χ1v) is 6.56. The van der Waals surface area contributed by atoms with Gasteiger partial charge in [0.25, 0.3) is 0 Å². The molecule has 1 aromatic heterocycles. The van der Waals surface area contributed by atoms with Gasteiger partial charge in [-0.05, 0) is 36.8 Å². The number of nitrogens with two attached hydrogens (primary N) is 1. The quantitative estimate of drug-likeness (QED) is 0.871. The van der Waals surface area contributed by atoms with Crippen molar-refractivity contribution in [3.63, 3.8) is 0 Å². The minimum Gasteiger partial charge on any atom is -0.491 e. The van der Waals surface area contributed by atoms with Gasteiger partial charge in [-0.1, -0.05) is 19.8 Å². The van der Waals surface area contributed by atoms with Crippen LogP contribution in [0, 0.1) is 11.8 Å². The number of rotatable bonds is 4. The van der Waals surface area contributed by atoms with Crippen molar-refractivity contribution in [2.45, 2.75) is 39.2 Å². The molecule has 94 valence electrons. The zero-order chi connectivity index (χ0) is 12.1. The molecular formula is C14H22N2O. The SMILES string of the molecule is CC1CCCC(COc2cccnc2CN)C1. The summed E-state index contributed by atoms with van der Waals surface area (Å²) in [6.07, 6.45) is 7.06. The van der Waals surface area contributed by atoms with Gasteiger partial charge in [-0.15, -0.1) is 0 Å². The monoisotopic (exact) mass is 234 g/mol. The summed E-state index contributed by atoms with van der Waals surface area (Å²) in [7, 11) is 0. The van der Waals surface area contributed by atoms with Crippen molar-refractivity contribution in [3.05, 3.63) is 24.0 Å². The lowest BCUT2D eigenvalue weighted by molar-refractivity contribution is 0.180. The van der Waals surface area contributed by atoms with Crippen LogP contribution >= 0.6 is 0 Å². The van der Waals surface area contributed by atoms with Gasteiger partial charge in [0.1, 0.15) is 5.75 Å². The zero-order valence-electron chi connectivity index (χ0n) is 10.6. The lowest BCUT2D eigenvalue weighted by atomic mass is 9.83. The topological polar surface area (TPSA) is 48.1 Å². The van der Waals surface area contributed by atoms with E-state index in [4.69, 9.17) is 10.5 Å². The van der Waals surface area contributed by atoms with E-state index in [1.165, 1.54) is 25.7 Å².